The van der Waals surface area contributed by atoms with Crippen LogP contribution < -0.4 is 5.32 Å². The van der Waals surface area contributed by atoms with E-state index in [1.807, 2.05) is 11.9 Å². The van der Waals surface area contributed by atoms with Crippen LogP contribution in [0.4, 0.5) is 0 Å². The van der Waals surface area contributed by atoms with E-state index >= 15 is 0 Å². The van der Waals surface area contributed by atoms with Gasteiger partial charge in [-0.05, 0) is 26.3 Å². The smallest absolute Gasteiger partial charge is 0.225 e. The van der Waals surface area contributed by atoms with Crippen molar-refractivity contribution in [3.63, 3.8) is 0 Å². The third kappa shape index (κ3) is 4.30. The van der Waals surface area contributed by atoms with Crippen molar-refractivity contribution in [1.29, 1.82) is 0 Å². The third-order valence-electron chi connectivity index (χ3n) is 3.28. The molecular formula is C12H25ClN2O. The predicted octanol–water partition coefficient (Wildman–Crippen LogP) is 2.05. The lowest BCUT2D eigenvalue weighted by Gasteiger charge is -2.34. The number of halogens is 1. The summed E-state index contributed by atoms with van der Waals surface area (Å²) in [7, 11) is 1.98. The number of likely N-dealkylation sites (tertiary alicyclic amines) is 1. The molecule has 2 unspecified atom stereocenters. The van der Waals surface area contributed by atoms with Crippen molar-refractivity contribution in [3.05, 3.63) is 0 Å². The van der Waals surface area contributed by atoms with Gasteiger partial charge in [0.05, 0.1) is 0 Å². The normalized spacial score (nSPS) is 22.4. The van der Waals surface area contributed by atoms with Gasteiger partial charge in [-0.2, -0.15) is 0 Å². The minimum atomic E-state index is 0. The molecule has 1 amide bonds. The topological polar surface area (TPSA) is 32.3 Å². The van der Waals surface area contributed by atoms with Gasteiger partial charge >= 0.3 is 0 Å². The minimum absolute atomic E-state index is 0. The van der Waals surface area contributed by atoms with Crippen LogP contribution in [-0.4, -0.2) is 37.0 Å². The molecule has 1 heterocycles. The van der Waals surface area contributed by atoms with E-state index < -0.39 is 0 Å². The monoisotopic (exact) mass is 248 g/mol. The first-order chi connectivity index (χ1) is 7.19. The molecular weight excluding hydrogens is 224 g/mol. The molecule has 1 fully saturated rings. The van der Waals surface area contributed by atoms with Gasteiger partial charge in [0.15, 0.2) is 0 Å². The molecule has 0 spiro atoms. The second-order valence-corrected chi connectivity index (χ2v) is 4.60. The number of piperidine rings is 1. The highest BCUT2D eigenvalue weighted by molar-refractivity contribution is 5.85. The summed E-state index contributed by atoms with van der Waals surface area (Å²) in [6, 6.07) is 0.497. The van der Waals surface area contributed by atoms with E-state index in [2.05, 4.69) is 19.2 Å². The highest BCUT2D eigenvalue weighted by atomic mass is 35.5. The molecule has 0 aromatic carbocycles. The Morgan fingerprint density at radius 2 is 2.25 bits per heavy atom. The molecule has 96 valence electrons. The fourth-order valence-corrected chi connectivity index (χ4v) is 2.28. The minimum Gasteiger partial charge on any atom is -0.341 e. The van der Waals surface area contributed by atoms with Gasteiger partial charge in [-0.15, -0.1) is 12.4 Å². The predicted molar refractivity (Wildman–Crippen MR) is 70.0 cm³/mol. The average Bonchev–Trinajstić information content (AvgIpc) is 2.28. The average molecular weight is 249 g/mol. The number of amides is 1. The summed E-state index contributed by atoms with van der Waals surface area (Å²) < 4.78 is 0. The van der Waals surface area contributed by atoms with Crippen molar-refractivity contribution in [3.8, 4) is 0 Å². The Morgan fingerprint density at radius 1 is 1.56 bits per heavy atom. The van der Waals surface area contributed by atoms with Gasteiger partial charge in [0.25, 0.3) is 0 Å². The van der Waals surface area contributed by atoms with Crippen LogP contribution >= 0.6 is 12.4 Å². The van der Waals surface area contributed by atoms with Crippen LogP contribution in [0.1, 0.15) is 39.5 Å². The Morgan fingerprint density at radius 3 is 2.81 bits per heavy atom. The van der Waals surface area contributed by atoms with Gasteiger partial charge < -0.3 is 10.2 Å². The molecule has 0 bridgehead atoms. The maximum absolute atomic E-state index is 12.0. The largest absolute Gasteiger partial charge is 0.341 e. The summed E-state index contributed by atoms with van der Waals surface area (Å²) in [5, 5.41) is 3.27. The molecule has 1 aliphatic heterocycles. The summed E-state index contributed by atoms with van der Waals surface area (Å²) in [5.41, 5.74) is 0. The third-order valence-corrected chi connectivity index (χ3v) is 3.28. The van der Waals surface area contributed by atoms with E-state index in [0.717, 1.165) is 32.4 Å². The van der Waals surface area contributed by atoms with E-state index in [9.17, 15) is 4.79 Å². The van der Waals surface area contributed by atoms with Gasteiger partial charge in [-0.25, -0.2) is 0 Å². The molecule has 0 radical (unpaired) electrons. The van der Waals surface area contributed by atoms with Gasteiger partial charge in [-0.3, -0.25) is 4.79 Å². The van der Waals surface area contributed by atoms with Gasteiger partial charge in [0.1, 0.15) is 0 Å². The number of hydrogen-bond acceptors (Lipinski definition) is 2. The Labute approximate surface area is 105 Å². The van der Waals surface area contributed by atoms with E-state index in [0.29, 0.717) is 11.9 Å². The highest BCUT2D eigenvalue weighted by Gasteiger charge is 2.25. The summed E-state index contributed by atoms with van der Waals surface area (Å²) >= 11 is 0. The Hall–Kier alpha value is -0.280. The second kappa shape index (κ2) is 7.91. The van der Waals surface area contributed by atoms with Crippen molar-refractivity contribution in [2.45, 2.75) is 45.6 Å². The van der Waals surface area contributed by atoms with Gasteiger partial charge in [0, 0.05) is 25.0 Å². The first-order valence-corrected chi connectivity index (χ1v) is 6.15. The summed E-state index contributed by atoms with van der Waals surface area (Å²) in [6.45, 7) is 6.03. The number of hydrogen-bond donors (Lipinski definition) is 1. The zero-order valence-electron chi connectivity index (χ0n) is 10.7. The molecule has 4 heteroatoms. The van der Waals surface area contributed by atoms with Gasteiger partial charge in [0.2, 0.25) is 5.91 Å². The molecule has 0 aromatic rings. The van der Waals surface area contributed by atoms with Crippen LogP contribution in [0, 0.1) is 5.92 Å². The zero-order valence-corrected chi connectivity index (χ0v) is 11.5. The fraction of sp³-hybridized carbons (Fsp3) is 0.917. The molecule has 16 heavy (non-hydrogen) atoms. The number of nitrogens with one attached hydrogen (secondary N) is 1. The lowest BCUT2D eigenvalue weighted by atomic mass is 10.0. The quantitative estimate of drug-likeness (QED) is 0.826. The van der Waals surface area contributed by atoms with E-state index in [1.54, 1.807) is 0 Å². The highest BCUT2D eigenvalue weighted by Crippen LogP contribution is 2.15. The number of carbonyl (C=O) groups excluding carboxylic acids is 1. The fourth-order valence-electron chi connectivity index (χ4n) is 2.28. The van der Waals surface area contributed by atoms with Crippen LogP contribution in [0.25, 0.3) is 0 Å². The SMILES string of the molecule is CCCC(C)C(=O)N1CCCC(NC)C1.Cl. The summed E-state index contributed by atoms with van der Waals surface area (Å²) in [4.78, 5) is 14.1. The first kappa shape index (κ1) is 15.7. The zero-order chi connectivity index (χ0) is 11.3. The van der Waals surface area contributed by atoms with Gasteiger partial charge in [-0.1, -0.05) is 20.3 Å². The van der Waals surface area contributed by atoms with E-state index in [1.165, 1.54) is 6.42 Å². The van der Waals surface area contributed by atoms with E-state index in [4.69, 9.17) is 0 Å². The van der Waals surface area contributed by atoms with Crippen molar-refractivity contribution in [2.24, 2.45) is 5.92 Å². The molecule has 0 aliphatic carbocycles. The molecule has 1 N–H and O–H groups in total. The molecule has 1 rings (SSSR count). The Balaban J connectivity index is 0.00000225. The molecule has 0 aromatic heterocycles. The number of nitrogens with zero attached hydrogens (tertiary/aromatic N) is 1. The van der Waals surface area contributed by atoms with Crippen molar-refractivity contribution < 1.29 is 4.79 Å². The maximum Gasteiger partial charge on any atom is 0.225 e. The Kier molecular flexibility index (Phi) is 7.77. The first-order valence-electron chi connectivity index (χ1n) is 6.15. The lowest BCUT2D eigenvalue weighted by Crippen LogP contribution is -2.48. The Bertz CT molecular complexity index is 211. The summed E-state index contributed by atoms with van der Waals surface area (Å²) in [6.07, 6.45) is 4.44. The van der Waals surface area contributed by atoms with E-state index in [-0.39, 0.29) is 18.3 Å². The lowest BCUT2D eigenvalue weighted by molar-refractivity contribution is -0.136. The van der Waals surface area contributed by atoms with Crippen molar-refractivity contribution in [2.75, 3.05) is 20.1 Å². The van der Waals surface area contributed by atoms with Crippen LogP contribution in [0.2, 0.25) is 0 Å². The van der Waals surface area contributed by atoms with Crippen LogP contribution in [0.15, 0.2) is 0 Å². The van der Waals surface area contributed by atoms with Crippen LogP contribution in [0.3, 0.4) is 0 Å². The summed E-state index contributed by atoms with van der Waals surface area (Å²) in [5.74, 6) is 0.544. The van der Waals surface area contributed by atoms with Crippen LogP contribution in [0.5, 0.6) is 0 Å². The van der Waals surface area contributed by atoms with Crippen LogP contribution in [-0.2, 0) is 4.79 Å². The number of carbonyl (C=O) groups is 1. The van der Waals surface area contributed by atoms with Crippen molar-refractivity contribution >= 4 is 18.3 Å². The maximum atomic E-state index is 12.0. The number of likely N-dealkylation sites (N-methyl/N-ethyl adjacent to an activating group) is 1. The molecule has 1 aliphatic rings. The van der Waals surface area contributed by atoms with Crippen molar-refractivity contribution in [1.82, 2.24) is 10.2 Å². The molecule has 2 atom stereocenters. The standard InChI is InChI=1S/C12H24N2O.ClH/c1-4-6-10(2)12(15)14-8-5-7-11(9-14)13-3;/h10-11,13H,4-9H2,1-3H3;1H. The number of rotatable bonds is 4. The second-order valence-electron chi connectivity index (χ2n) is 4.60. The molecule has 3 nitrogen and oxygen atoms in total. The molecule has 1 saturated heterocycles. The molecule has 0 saturated carbocycles.